The van der Waals surface area contributed by atoms with E-state index in [9.17, 15) is 19.2 Å². The number of amides is 2. The van der Waals surface area contributed by atoms with E-state index in [4.69, 9.17) is 19.7 Å². The minimum absolute atomic E-state index is 0.345. The van der Waals surface area contributed by atoms with Gasteiger partial charge in [0.05, 0.1) is 25.6 Å². The Hall–Kier alpha value is -6.16. The maximum atomic E-state index is 12.3. The fourth-order valence-corrected chi connectivity index (χ4v) is 4.98. The zero-order valence-corrected chi connectivity index (χ0v) is 25.3. The van der Waals surface area contributed by atoms with Crippen LogP contribution in [0.4, 0.5) is 11.4 Å². The summed E-state index contributed by atoms with van der Waals surface area (Å²) in [5.41, 5.74) is 4.45. The molecule has 0 spiro atoms. The average Bonchev–Trinajstić information content (AvgIpc) is 3.06. The van der Waals surface area contributed by atoms with Gasteiger partial charge >= 0.3 is 11.9 Å². The number of hydrogen-bond acceptors (Lipinski definition) is 6. The number of rotatable bonds is 12. The van der Waals surface area contributed by atoms with Crippen molar-refractivity contribution < 1.29 is 38.9 Å². The summed E-state index contributed by atoms with van der Waals surface area (Å²) in [6.07, 6.45) is 3.32. The van der Waals surface area contributed by atoms with Crippen molar-refractivity contribution in [3.8, 4) is 22.6 Å². The second-order valence-electron chi connectivity index (χ2n) is 10.2. The number of carbonyl (C=O) groups is 4. The van der Waals surface area contributed by atoms with Gasteiger partial charge in [-0.2, -0.15) is 0 Å². The lowest BCUT2D eigenvalue weighted by Crippen LogP contribution is -2.26. The first kappa shape index (κ1) is 32.7. The molecule has 46 heavy (non-hydrogen) atoms. The van der Waals surface area contributed by atoms with Gasteiger partial charge in [0.25, 0.3) is 0 Å². The zero-order valence-electron chi connectivity index (χ0n) is 25.3. The van der Waals surface area contributed by atoms with Crippen molar-refractivity contribution in [3.63, 3.8) is 0 Å². The number of methoxy groups -OCH3 is 2. The molecule has 0 saturated carbocycles. The third-order valence-corrected chi connectivity index (χ3v) is 7.40. The van der Waals surface area contributed by atoms with Crippen LogP contribution in [0.2, 0.25) is 0 Å². The second-order valence-corrected chi connectivity index (χ2v) is 10.2. The number of aliphatic carboxylic acids is 2. The van der Waals surface area contributed by atoms with E-state index in [0.717, 1.165) is 52.1 Å². The monoisotopic (exact) mass is 620 g/mol. The Kier molecular flexibility index (Phi) is 10.4. The van der Waals surface area contributed by atoms with E-state index in [0.29, 0.717) is 22.9 Å². The van der Waals surface area contributed by atoms with Crippen molar-refractivity contribution in [2.24, 2.45) is 0 Å². The van der Waals surface area contributed by atoms with Gasteiger partial charge in [-0.25, -0.2) is 9.59 Å². The van der Waals surface area contributed by atoms with Gasteiger partial charge in [0.15, 0.2) is 0 Å². The first-order valence-electron chi connectivity index (χ1n) is 14.0. The number of carboxylic acids is 2. The van der Waals surface area contributed by atoms with E-state index >= 15 is 0 Å². The Morgan fingerprint density at radius 1 is 0.587 bits per heavy atom. The Labute approximate surface area is 265 Å². The van der Waals surface area contributed by atoms with Crippen molar-refractivity contribution in [2.75, 3.05) is 24.9 Å². The topological polar surface area (TPSA) is 151 Å². The number of benzene rings is 4. The van der Waals surface area contributed by atoms with Crippen LogP contribution in [-0.4, -0.2) is 48.2 Å². The third-order valence-electron chi connectivity index (χ3n) is 7.40. The predicted octanol–water partition coefficient (Wildman–Crippen LogP) is 5.88. The van der Waals surface area contributed by atoms with E-state index in [1.807, 2.05) is 73.7 Å². The number of anilines is 2. The van der Waals surface area contributed by atoms with E-state index in [-0.39, 0.29) is 0 Å². The highest BCUT2D eigenvalue weighted by Gasteiger charge is 2.33. The second kappa shape index (κ2) is 14.5. The normalized spacial score (nSPS) is 11.3. The lowest BCUT2D eigenvalue weighted by atomic mass is 9.70. The summed E-state index contributed by atoms with van der Waals surface area (Å²) in [5.74, 6) is -3.05. The molecular weight excluding hydrogens is 588 g/mol. The molecule has 2 amide bonds. The molecule has 0 atom stereocenters. The van der Waals surface area contributed by atoms with E-state index in [1.165, 1.54) is 14.2 Å². The van der Waals surface area contributed by atoms with E-state index in [2.05, 4.69) is 10.6 Å². The number of hydrogen-bond donors (Lipinski definition) is 4. The molecule has 0 unspecified atom stereocenters. The molecule has 0 heterocycles. The van der Waals surface area contributed by atoms with Gasteiger partial charge < -0.3 is 30.3 Å². The van der Waals surface area contributed by atoms with Gasteiger partial charge in [0.2, 0.25) is 11.8 Å². The van der Waals surface area contributed by atoms with Gasteiger partial charge in [0.1, 0.15) is 11.5 Å². The molecule has 0 aromatic heterocycles. The van der Waals surface area contributed by atoms with E-state index < -0.39 is 29.2 Å². The number of carbonyl (C=O) groups excluding carboxylic acids is 2. The molecule has 0 radical (unpaired) electrons. The Morgan fingerprint density at radius 2 is 1.00 bits per heavy atom. The summed E-state index contributed by atoms with van der Waals surface area (Å²) in [6.45, 7) is 2.02. The van der Waals surface area contributed by atoms with Crippen LogP contribution in [0.1, 0.15) is 23.6 Å². The average molecular weight is 621 g/mol. The van der Waals surface area contributed by atoms with Crippen molar-refractivity contribution >= 4 is 35.1 Å². The third kappa shape index (κ3) is 7.67. The van der Waals surface area contributed by atoms with Gasteiger partial charge in [-0.15, -0.1) is 0 Å². The molecule has 10 nitrogen and oxygen atoms in total. The maximum Gasteiger partial charge on any atom is 0.328 e. The maximum absolute atomic E-state index is 12.3. The Balaban J connectivity index is 1.82. The smallest absolute Gasteiger partial charge is 0.328 e. The SMILES string of the molecule is COc1cc(C(C)(c2ccc(-c3ccccc3)cc2)c2ccc(NC(=O)/C=C/C(=O)O)c(OC)c2)ccc1NC(=O)/C=C/C(=O)O. The molecule has 0 aliphatic rings. The summed E-state index contributed by atoms with van der Waals surface area (Å²) in [7, 11) is 2.93. The molecule has 0 saturated heterocycles. The summed E-state index contributed by atoms with van der Waals surface area (Å²) in [5, 5.41) is 23.0. The first-order chi connectivity index (χ1) is 22.0. The molecule has 4 N–H and O–H groups in total. The van der Waals surface area contributed by atoms with Gasteiger partial charge in [-0.05, 0) is 59.0 Å². The predicted molar refractivity (Wildman–Crippen MR) is 174 cm³/mol. The Morgan fingerprint density at radius 3 is 1.41 bits per heavy atom. The standard InChI is InChI=1S/C36H32N2O8/c1-36(25-11-9-24(10-12-25)23-7-5-4-6-8-23,26-13-15-28(30(21-26)45-2)37-32(39)17-19-34(41)42)27-14-16-29(31(22-27)46-3)38-33(40)18-20-35(43)44/h4-22H,1-3H3,(H,37,39)(H,38,40)(H,41,42)(H,43,44)/b19-17+,20-18+. The number of nitrogens with one attached hydrogen (secondary N) is 2. The number of ether oxygens (including phenoxy) is 2. The minimum atomic E-state index is -1.25. The molecule has 0 aliphatic carbocycles. The molecule has 234 valence electrons. The first-order valence-corrected chi connectivity index (χ1v) is 14.0. The van der Waals surface area contributed by atoms with Crippen molar-refractivity contribution in [3.05, 3.63) is 132 Å². The minimum Gasteiger partial charge on any atom is -0.495 e. The van der Waals surface area contributed by atoms with Crippen LogP contribution < -0.4 is 20.1 Å². The van der Waals surface area contributed by atoms with Crippen LogP contribution in [0.15, 0.2) is 115 Å². The van der Waals surface area contributed by atoms with Crippen LogP contribution in [0.25, 0.3) is 11.1 Å². The van der Waals surface area contributed by atoms with Crippen molar-refractivity contribution in [2.45, 2.75) is 12.3 Å². The molecule has 0 bridgehead atoms. The lowest BCUT2D eigenvalue weighted by Gasteiger charge is -2.33. The van der Waals surface area contributed by atoms with Crippen LogP contribution in [0, 0.1) is 0 Å². The van der Waals surface area contributed by atoms with Gasteiger partial charge in [-0.3, -0.25) is 9.59 Å². The number of carboxylic acid groups (broad SMARTS) is 2. The highest BCUT2D eigenvalue weighted by atomic mass is 16.5. The highest BCUT2D eigenvalue weighted by molar-refractivity contribution is 6.04. The molecule has 0 aliphatic heterocycles. The summed E-state index contributed by atoms with van der Waals surface area (Å²) < 4.78 is 11.3. The molecule has 4 aromatic rings. The summed E-state index contributed by atoms with van der Waals surface area (Å²) in [6, 6.07) is 28.7. The quantitative estimate of drug-likeness (QED) is 0.113. The summed E-state index contributed by atoms with van der Waals surface area (Å²) in [4.78, 5) is 46.3. The molecule has 4 rings (SSSR count). The fraction of sp³-hybridized carbons (Fsp3) is 0.111. The Bertz CT molecular complexity index is 1720. The molecule has 0 fully saturated rings. The molecule has 10 heteroatoms. The van der Waals surface area contributed by atoms with Crippen LogP contribution in [-0.2, 0) is 24.6 Å². The largest absolute Gasteiger partial charge is 0.495 e. The fourth-order valence-electron chi connectivity index (χ4n) is 4.98. The lowest BCUT2D eigenvalue weighted by molar-refractivity contribution is -0.132. The highest BCUT2D eigenvalue weighted by Crippen LogP contribution is 2.44. The van der Waals surface area contributed by atoms with Crippen LogP contribution in [0.5, 0.6) is 11.5 Å². The van der Waals surface area contributed by atoms with Crippen LogP contribution in [0.3, 0.4) is 0 Å². The molecule has 4 aromatic carbocycles. The zero-order chi connectivity index (χ0) is 33.3. The summed E-state index contributed by atoms with van der Waals surface area (Å²) >= 11 is 0. The van der Waals surface area contributed by atoms with Crippen LogP contribution >= 0.6 is 0 Å². The van der Waals surface area contributed by atoms with Crippen molar-refractivity contribution in [1.82, 2.24) is 0 Å². The van der Waals surface area contributed by atoms with E-state index in [1.54, 1.807) is 24.3 Å². The van der Waals surface area contributed by atoms with Crippen molar-refractivity contribution in [1.29, 1.82) is 0 Å². The molecular formula is C36H32N2O8. The van der Waals surface area contributed by atoms with Gasteiger partial charge in [0, 0.05) is 29.7 Å². The van der Waals surface area contributed by atoms with Gasteiger partial charge in [-0.1, -0.05) is 66.7 Å².